The number of fused-ring (bicyclic) bond motifs is 4. The van der Waals surface area contributed by atoms with E-state index in [0.29, 0.717) is 5.92 Å². The van der Waals surface area contributed by atoms with Crippen LogP contribution in [0.1, 0.15) is 18.4 Å². The summed E-state index contributed by atoms with van der Waals surface area (Å²) in [6, 6.07) is 18.9. The smallest absolute Gasteiger partial charge is 0.105 e. The Morgan fingerprint density at radius 3 is 2.44 bits per heavy atom. The lowest BCUT2D eigenvalue weighted by Crippen LogP contribution is -2.57. The summed E-state index contributed by atoms with van der Waals surface area (Å²) < 4.78 is 0. The van der Waals surface area contributed by atoms with Gasteiger partial charge in [0.05, 0.1) is 5.52 Å². The first-order valence-corrected chi connectivity index (χ1v) is 9.13. The molecule has 1 N–H and O–H groups in total. The molecule has 3 heteroatoms. The van der Waals surface area contributed by atoms with Crippen LogP contribution in [-0.4, -0.2) is 34.6 Å². The second kappa shape index (κ2) is 5.65. The Kier molecular flexibility index (Phi) is 3.40. The van der Waals surface area contributed by atoms with E-state index in [4.69, 9.17) is 0 Å². The van der Waals surface area contributed by atoms with Crippen molar-refractivity contribution >= 4 is 10.9 Å². The second-order valence-electron chi connectivity index (χ2n) is 7.46. The summed E-state index contributed by atoms with van der Waals surface area (Å²) in [4.78, 5) is 6.78. The van der Waals surface area contributed by atoms with Gasteiger partial charge in [0.15, 0.2) is 0 Å². The molecule has 0 amide bonds. The van der Waals surface area contributed by atoms with Crippen molar-refractivity contribution in [3.8, 4) is 11.1 Å². The lowest BCUT2D eigenvalue weighted by Gasteiger charge is -2.50. The Hall–Kier alpha value is -2.23. The molecule has 0 aliphatic carbocycles. The van der Waals surface area contributed by atoms with Gasteiger partial charge in [-0.25, -0.2) is 0 Å². The lowest BCUT2D eigenvalue weighted by atomic mass is 9.71. The topological polar surface area (TPSA) is 36.4 Å². The van der Waals surface area contributed by atoms with Crippen molar-refractivity contribution < 1.29 is 5.11 Å². The molecule has 3 aromatic rings. The van der Waals surface area contributed by atoms with Crippen LogP contribution in [0, 0.1) is 5.92 Å². The van der Waals surface area contributed by atoms with E-state index >= 15 is 0 Å². The largest absolute Gasteiger partial charge is 0.384 e. The minimum absolute atomic E-state index is 0.398. The Balaban J connectivity index is 1.48. The van der Waals surface area contributed by atoms with E-state index < -0.39 is 5.60 Å². The van der Waals surface area contributed by atoms with Gasteiger partial charge in [-0.15, -0.1) is 0 Å². The molecule has 0 saturated carbocycles. The molecule has 3 aliphatic heterocycles. The minimum atomic E-state index is -0.678. The molecular weight excluding hydrogens is 308 g/mol. The number of piperidine rings is 3. The lowest BCUT2D eigenvalue weighted by molar-refractivity contribution is -0.117. The Morgan fingerprint density at radius 1 is 0.960 bits per heavy atom. The molecule has 1 atom stereocenters. The Bertz CT molecular complexity index is 913. The monoisotopic (exact) mass is 330 g/mol. The maximum Gasteiger partial charge on any atom is 0.105 e. The van der Waals surface area contributed by atoms with Crippen molar-refractivity contribution in [2.24, 2.45) is 5.92 Å². The molecular formula is C22H22N2O. The van der Waals surface area contributed by atoms with Crippen LogP contribution in [0.25, 0.3) is 22.0 Å². The van der Waals surface area contributed by atoms with Gasteiger partial charge in [0, 0.05) is 18.1 Å². The summed E-state index contributed by atoms with van der Waals surface area (Å²) in [7, 11) is 0. The van der Waals surface area contributed by atoms with Crippen molar-refractivity contribution in [2.45, 2.75) is 18.4 Å². The molecule has 3 fully saturated rings. The summed E-state index contributed by atoms with van der Waals surface area (Å²) in [5.74, 6) is 0.398. The van der Waals surface area contributed by atoms with Crippen LogP contribution in [0.2, 0.25) is 0 Å². The zero-order valence-corrected chi connectivity index (χ0v) is 14.2. The standard InChI is InChI=1S/C22H22N2O/c25-22(15-24-12-9-20(22)10-13-24)19-6-3-16(4-7-19)17-5-8-21-18(14-17)2-1-11-23-21/h1-8,11,14,20,25H,9-10,12-13,15H2/t22-/m0/s1. The third-order valence-corrected chi connectivity index (χ3v) is 6.05. The van der Waals surface area contributed by atoms with Crippen molar-refractivity contribution in [1.82, 2.24) is 9.88 Å². The van der Waals surface area contributed by atoms with Gasteiger partial charge < -0.3 is 10.0 Å². The summed E-state index contributed by atoms with van der Waals surface area (Å²) in [5, 5.41) is 12.4. The molecule has 1 aromatic heterocycles. The second-order valence-corrected chi connectivity index (χ2v) is 7.46. The van der Waals surface area contributed by atoms with Gasteiger partial charge in [0.2, 0.25) is 0 Å². The molecule has 0 radical (unpaired) electrons. The fourth-order valence-corrected chi connectivity index (χ4v) is 4.57. The molecule has 3 saturated heterocycles. The number of benzene rings is 2. The van der Waals surface area contributed by atoms with Crippen molar-refractivity contribution in [3.05, 3.63) is 66.4 Å². The fourth-order valence-electron chi connectivity index (χ4n) is 4.57. The quantitative estimate of drug-likeness (QED) is 0.776. The number of aliphatic hydroxyl groups is 1. The molecule has 3 nitrogen and oxygen atoms in total. The predicted octanol–water partition coefficient (Wildman–Crippen LogP) is 3.82. The summed E-state index contributed by atoms with van der Waals surface area (Å²) in [5.41, 5.74) is 3.77. The zero-order chi connectivity index (χ0) is 16.9. The van der Waals surface area contributed by atoms with Gasteiger partial charge in [-0.05, 0) is 66.7 Å². The van der Waals surface area contributed by atoms with E-state index in [9.17, 15) is 5.11 Å². The van der Waals surface area contributed by atoms with Crippen LogP contribution in [-0.2, 0) is 5.60 Å². The third kappa shape index (κ3) is 2.46. The fraction of sp³-hybridized carbons (Fsp3) is 0.318. The van der Waals surface area contributed by atoms with Crippen LogP contribution in [0.4, 0.5) is 0 Å². The predicted molar refractivity (Wildman–Crippen MR) is 100 cm³/mol. The first kappa shape index (κ1) is 15.1. The minimum Gasteiger partial charge on any atom is -0.384 e. The number of aromatic nitrogens is 1. The molecule has 126 valence electrons. The van der Waals surface area contributed by atoms with Crippen molar-refractivity contribution in [2.75, 3.05) is 19.6 Å². The molecule has 2 bridgehead atoms. The van der Waals surface area contributed by atoms with Gasteiger partial charge in [0.1, 0.15) is 5.60 Å². The highest BCUT2D eigenvalue weighted by molar-refractivity contribution is 5.84. The number of hydrogen-bond acceptors (Lipinski definition) is 3. The van der Waals surface area contributed by atoms with Crippen LogP contribution >= 0.6 is 0 Å². The van der Waals surface area contributed by atoms with Crippen LogP contribution in [0.5, 0.6) is 0 Å². The van der Waals surface area contributed by atoms with Gasteiger partial charge >= 0.3 is 0 Å². The number of nitrogens with zero attached hydrogens (tertiary/aromatic N) is 2. The first-order valence-electron chi connectivity index (χ1n) is 9.13. The summed E-state index contributed by atoms with van der Waals surface area (Å²) in [6.45, 7) is 3.05. The van der Waals surface area contributed by atoms with Gasteiger partial charge in [-0.2, -0.15) is 0 Å². The molecule has 3 aliphatic rings. The van der Waals surface area contributed by atoms with E-state index in [2.05, 4.69) is 58.4 Å². The summed E-state index contributed by atoms with van der Waals surface area (Å²) in [6.07, 6.45) is 4.04. The molecule has 0 unspecified atom stereocenters. The van der Waals surface area contributed by atoms with E-state index in [0.717, 1.165) is 48.9 Å². The molecule has 0 spiro atoms. The molecule has 2 aromatic carbocycles. The molecule has 6 rings (SSSR count). The SMILES string of the molecule is O[C@]1(c2ccc(-c3ccc4ncccc4c3)cc2)CN2CCC1CC2. The maximum absolute atomic E-state index is 11.3. The highest BCUT2D eigenvalue weighted by Gasteiger charge is 2.46. The average Bonchev–Trinajstić information content (AvgIpc) is 2.68. The number of pyridine rings is 1. The van der Waals surface area contributed by atoms with Crippen LogP contribution < -0.4 is 0 Å². The summed E-state index contributed by atoms with van der Waals surface area (Å²) >= 11 is 0. The Morgan fingerprint density at radius 2 is 1.72 bits per heavy atom. The highest BCUT2D eigenvalue weighted by Crippen LogP contribution is 2.42. The molecule has 4 heterocycles. The van der Waals surface area contributed by atoms with Crippen molar-refractivity contribution in [3.63, 3.8) is 0 Å². The van der Waals surface area contributed by atoms with Crippen LogP contribution in [0.15, 0.2) is 60.8 Å². The van der Waals surface area contributed by atoms with E-state index in [1.807, 2.05) is 12.3 Å². The van der Waals surface area contributed by atoms with Gasteiger partial charge in [0.25, 0.3) is 0 Å². The first-order chi connectivity index (χ1) is 12.2. The van der Waals surface area contributed by atoms with Gasteiger partial charge in [-0.3, -0.25) is 4.98 Å². The van der Waals surface area contributed by atoms with E-state index in [-0.39, 0.29) is 0 Å². The normalized spacial score (nSPS) is 28.4. The molecule has 25 heavy (non-hydrogen) atoms. The van der Waals surface area contributed by atoms with E-state index in [1.165, 1.54) is 11.1 Å². The third-order valence-electron chi connectivity index (χ3n) is 6.05. The number of hydrogen-bond donors (Lipinski definition) is 1. The Labute approximate surface area is 147 Å². The highest BCUT2D eigenvalue weighted by atomic mass is 16.3. The average molecular weight is 330 g/mol. The maximum atomic E-state index is 11.3. The number of rotatable bonds is 2. The van der Waals surface area contributed by atoms with Crippen molar-refractivity contribution in [1.29, 1.82) is 0 Å². The van der Waals surface area contributed by atoms with Gasteiger partial charge in [-0.1, -0.05) is 36.4 Å². The van der Waals surface area contributed by atoms with E-state index in [1.54, 1.807) is 0 Å². The zero-order valence-electron chi connectivity index (χ0n) is 14.2. The van der Waals surface area contributed by atoms with Crippen LogP contribution in [0.3, 0.4) is 0 Å².